The summed E-state index contributed by atoms with van der Waals surface area (Å²) in [4.78, 5) is 13.1. The summed E-state index contributed by atoms with van der Waals surface area (Å²) in [7, 11) is 1.50. The van der Waals surface area contributed by atoms with Crippen molar-refractivity contribution in [3.8, 4) is 11.5 Å². The molecule has 0 atom stereocenters. The third-order valence-corrected chi connectivity index (χ3v) is 4.97. The molecular formula is C25H23ClN2O4. The number of nitrogens with one attached hydrogen (secondary N) is 1. The second-order valence-electron chi connectivity index (χ2n) is 6.78. The lowest BCUT2D eigenvalue weighted by molar-refractivity contribution is -0.136. The topological polar surface area (TPSA) is 80.2 Å². The van der Waals surface area contributed by atoms with Crippen molar-refractivity contribution < 1.29 is 19.4 Å². The maximum atomic E-state index is 13.1. The van der Waals surface area contributed by atoms with Gasteiger partial charge in [-0.3, -0.25) is 4.79 Å². The van der Waals surface area contributed by atoms with E-state index >= 15 is 0 Å². The van der Waals surface area contributed by atoms with Crippen LogP contribution < -0.4 is 14.9 Å². The first-order valence-corrected chi connectivity index (χ1v) is 10.2. The normalized spacial score (nSPS) is 11.2. The first-order valence-electron chi connectivity index (χ1n) is 9.78. The van der Waals surface area contributed by atoms with E-state index in [4.69, 9.17) is 21.1 Å². The highest BCUT2D eigenvalue weighted by atomic mass is 35.5. The van der Waals surface area contributed by atoms with Crippen molar-refractivity contribution in [2.75, 3.05) is 13.7 Å². The van der Waals surface area contributed by atoms with E-state index in [1.807, 2.05) is 12.1 Å². The van der Waals surface area contributed by atoms with Crippen LogP contribution in [0.1, 0.15) is 16.7 Å². The molecule has 0 aliphatic rings. The Morgan fingerprint density at radius 3 is 2.25 bits per heavy atom. The zero-order chi connectivity index (χ0) is 23.0. The van der Waals surface area contributed by atoms with Crippen molar-refractivity contribution in [3.05, 3.63) is 107 Å². The molecule has 0 heterocycles. The Balaban J connectivity index is 1.85. The maximum absolute atomic E-state index is 13.1. The van der Waals surface area contributed by atoms with Gasteiger partial charge in [0.15, 0.2) is 17.1 Å². The summed E-state index contributed by atoms with van der Waals surface area (Å²) in [5.74, 6) is 0.102. The van der Waals surface area contributed by atoms with Crippen LogP contribution in [0.4, 0.5) is 0 Å². The van der Waals surface area contributed by atoms with Crippen LogP contribution in [0.25, 0.3) is 0 Å². The van der Waals surface area contributed by atoms with Crippen molar-refractivity contribution >= 4 is 23.7 Å². The van der Waals surface area contributed by atoms with Gasteiger partial charge in [0.1, 0.15) is 6.61 Å². The Hall–Kier alpha value is -3.61. The molecule has 0 aliphatic heterocycles. The van der Waals surface area contributed by atoms with Crippen LogP contribution in [-0.2, 0) is 10.4 Å². The highest BCUT2D eigenvalue weighted by molar-refractivity contribution is 6.32. The molecule has 3 aromatic rings. The number of ether oxygens (including phenoxy) is 2. The Morgan fingerprint density at radius 1 is 1.12 bits per heavy atom. The van der Waals surface area contributed by atoms with E-state index in [-0.39, 0.29) is 6.61 Å². The van der Waals surface area contributed by atoms with Gasteiger partial charge in [-0.25, -0.2) is 5.43 Å². The first-order chi connectivity index (χ1) is 15.5. The third kappa shape index (κ3) is 4.99. The fraction of sp³-hybridized carbons (Fsp3) is 0.120. The van der Waals surface area contributed by atoms with E-state index in [0.717, 1.165) is 0 Å². The molecule has 1 amide bonds. The minimum Gasteiger partial charge on any atom is -0.493 e. The lowest BCUT2D eigenvalue weighted by Gasteiger charge is -2.27. The Labute approximate surface area is 191 Å². The van der Waals surface area contributed by atoms with Crippen molar-refractivity contribution in [1.29, 1.82) is 0 Å². The Kier molecular flexibility index (Phi) is 7.65. The molecule has 0 spiro atoms. The van der Waals surface area contributed by atoms with Gasteiger partial charge in [-0.1, -0.05) is 84.9 Å². The minimum absolute atomic E-state index is 0.275. The number of nitrogens with zero attached hydrogens (tertiary/aromatic N) is 1. The van der Waals surface area contributed by atoms with Gasteiger partial charge >= 0.3 is 0 Å². The third-order valence-electron chi connectivity index (χ3n) is 4.69. The van der Waals surface area contributed by atoms with Gasteiger partial charge in [0.2, 0.25) is 0 Å². The number of hydrogen-bond donors (Lipinski definition) is 2. The Bertz CT molecular complexity index is 1060. The average molecular weight is 451 g/mol. The molecule has 0 saturated heterocycles. The maximum Gasteiger partial charge on any atom is 0.281 e. The number of hydrogen-bond acceptors (Lipinski definition) is 5. The van der Waals surface area contributed by atoms with Gasteiger partial charge in [-0.15, -0.1) is 0 Å². The van der Waals surface area contributed by atoms with Crippen molar-refractivity contribution in [2.45, 2.75) is 5.60 Å². The second-order valence-corrected chi connectivity index (χ2v) is 7.18. The summed E-state index contributed by atoms with van der Waals surface area (Å²) >= 11 is 6.29. The van der Waals surface area contributed by atoms with Crippen LogP contribution in [0, 0.1) is 0 Å². The fourth-order valence-corrected chi connectivity index (χ4v) is 3.40. The SMILES string of the molecule is C=CCOc1c(Cl)cc(C=NNC(=O)C(O)(c2ccccc2)c2ccccc2)cc1OC. The molecule has 0 aliphatic carbocycles. The van der Waals surface area contributed by atoms with E-state index in [9.17, 15) is 9.90 Å². The number of aliphatic hydroxyl groups is 1. The number of benzene rings is 3. The van der Waals surface area contributed by atoms with Gasteiger partial charge in [0.25, 0.3) is 5.91 Å². The molecule has 0 aromatic heterocycles. The van der Waals surface area contributed by atoms with Crippen molar-refractivity contribution in [3.63, 3.8) is 0 Å². The number of rotatable bonds is 9. The zero-order valence-electron chi connectivity index (χ0n) is 17.5. The van der Waals surface area contributed by atoms with Crippen LogP contribution in [0.3, 0.4) is 0 Å². The molecule has 0 radical (unpaired) electrons. The molecule has 0 unspecified atom stereocenters. The summed E-state index contributed by atoms with van der Waals surface area (Å²) in [5, 5.41) is 15.7. The molecule has 164 valence electrons. The molecule has 0 fully saturated rings. The van der Waals surface area contributed by atoms with Gasteiger partial charge in [0, 0.05) is 0 Å². The zero-order valence-corrected chi connectivity index (χ0v) is 18.3. The lowest BCUT2D eigenvalue weighted by Crippen LogP contribution is -2.43. The molecule has 2 N–H and O–H groups in total. The number of methoxy groups -OCH3 is 1. The van der Waals surface area contributed by atoms with Crippen LogP contribution in [0.2, 0.25) is 5.02 Å². The van der Waals surface area contributed by atoms with Crippen LogP contribution in [-0.4, -0.2) is 30.9 Å². The summed E-state index contributed by atoms with van der Waals surface area (Å²) in [6.07, 6.45) is 3.00. The monoisotopic (exact) mass is 450 g/mol. The van der Waals surface area contributed by atoms with E-state index in [1.54, 1.807) is 66.7 Å². The predicted octanol–water partition coefficient (Wildman–Crippen LogP) is 4.30. The highest BCUT2D eigenvalue weighted by Crippen LogP contribution is 2.36. The second kappa shape index (κ2) is 10.6. The number of amides is 1. The molecule has 7 heteroatoms. The minimum atomic E-state index is -1.92. The fourth-order valence-electron chi connectivity index (χ4n) is 3.13. The van der Waals surface area contributed by atoms with E-state index in [0.29, 0.717) is 33.2 Å². The number of hydrazone groups is 1. The molecule has 3 aromatic carbocycles. The van der Waals surface area contributed by atoms with E-state index < -0.39 is 11.5 Å². The van der Waals surface area contributed by atoms with Gasteiger partial charge < -0.3 is 14.6 Å². The van der Waals surface area contributed by atoms with Crippen molar-refractivity contribution in [2.24, 2.45) is 5.10 Å². The summed E-state index contributed by atoms with van der Waals surface area (Å²) in [5.41, 5.74) is 1.92. The first kappa shape index (κ1) is 23.1. The predicted molar refractivity (Wildman–Crippen MR) is 125 cm³/mol. The largest absolute Gasteiger partial charge is 0.493 e. The van der Waals surface area contributed by atoms with E-state index in [2.05, 4.69) is 17.1 Å². The highest BCUT2D eigenvalue weighted by Gasteiger charge is 2.39. The van der Waals surface area contributed by atoms with Crippen molar-refractivity contribution in [1.82, 2.24) is 5.43 Å². The van der Waals surface area contributed by atoms with Crippen LogP contribution in [0.5, 0.6) is 11.5 Å². The standard InChI is InChI=1S/C25H23ClN2O4/c1-3-14-32-23-21(26)15-18(16-22(23)31-2)17-27-28-24(29)25(30,19-10-6-4-7-11-19)20-12-8-5-9-13-20/h3-13,15-17,30H,1,14H2,2H3,(H,28,29). The quantitative estimate of drug-likeness (QED) is 0.289. The summed E-state index contributed by atoms with van der Waals surface area (Å²) < 4.78 is 10.9. The molecule has 0 bridgehead atoms. The smallest absolute Gasteiger partial charge is 0.281 e. The number of halogens is 1. The molecule has 0 saturated carbocycles. The molecular weight excluding hydrogens is 428 g/mol. The van der Waals surface area contributed by atoms with E-state index in [1.165, 1.54) is 13.3 Å². The molecule has 6 nitrogen and oxygen atoms in total. The molecule has 3 rings (SSSR count). The van der Waals surface area contributed by atoms with Gasteiger partial charge in [-0.2, -0.15) is 5.10 Å². The summed E-state index contributed by atoms with van der Waals surface area (Å²) in [6, 6.07) is 20.7. The van der Waals surface area contributed by atoms with Crippen LogP contribution in [0.15, 0.2) is 90.6 Å². The number of carbonyl (C=O) groups excluding carboxylic acids is 1. The average Bonchev–Trinajstić information content (AvgIpc) is 2.83. The van der Waals surface area contributed by atoms with Gasteiger partial charge in [-0.05, 0) is 28.8 Å². The lowest BCUT2D eigenvalue weighted by atomic mass is 9.85. The summed E-state index contributed by atoms with van der Waals surface area (Å²) in [6.45, 7) is 3.88. The van der Waals surface area contributed by atoms with Gasteiger partial charge in [0.05, 0.1) is 18.3 Å². The molecule has 32 heavy (non-hydrogen) atoms. The Morgan fingerprint density at radius 2 is 1.72 bits per heavy atom. The van der Waals surface area contributed by atoms with Crippen LogP contribution >= 0.6 is 11.6 Å². The number of carbonyl (C=O) groups is 1.